The number of carbonyl (C=O) groups excluding carboxylic acids is 1. The van der Waals surface area contributed by atoms with Gasteiger partial charge in [-0.1, -0.05) is 66.4 Å². The molecule has 1 amide bonds. The van der Waals surface area contributed by atoms with Gasteiger partial charge in [0.05, 0.1) is 13.0 Å². The van der Waals surface area contributed by atoms with Crippen LogP contribution < -0.4 is 14.8 Å². The van der Waals surface area contributed by atoms with Crippen molar-refractivity contribution in [1.82, 2.24) is 5.32 Å². The average molecular weight is 399 g/mol. The molecule has 1 aliphatic heterocycles. The van der Waals surface area contributed by atoms with Gasteiger partial charge < -0.3 is 14.8 Å². The molecular formula is C26H25NO3. The van der Waals surface area contributed by atoms with Crippen molar-refractivity contribution in [3.8, 4) is 23.3 Å². The van der Waals surface area contributed by atoms with Crippen molar-refractivity contribution in [2.45, 2.75) is 32.3 Å². The van der Waals surface area contributed by atoms with E-state index < -0.39 is 0 Å². The number of benzene rings is 3. The van der Waals surface area contributed by atoms with Crippen molar-refractivity contribution in [2.24, 2.45) is 0 Å². The topological polar surface area (TPSA) is 47.6 Å². The zero-order valence-corrected chi connectivity index (χ0v) is 17.3. The number of hydrogen-bond donors (Lipinski definition) is 1. The highest BCUT2D eigenvalue weighted by Crippen LogP contribution is 2.41. The molecule has 0 spiro atoms. The van der Waals surface area contributed by atoms with Crippen LogP contribution in [0.15, 0.2) is 60.7 Å². The van der Waals surface area contributed by atoms with Crippen molar-refractivity contribution in [2.75, 3.05) is 13.2 Å². The summed E-state index contributed by atoms with van der Waals surface area (Å²) in [7, 11) is 0. The monoisotopic (exact) mass is 399 g/mol. The average Bonchev–Trinajstić information content (AvgIpc) is 3.05. The number of ether oxygens (including phenoxy) is 2. The van der Waals surface area contributed by atoms with Crippen LogP contribution in [0.2, 0.25) is 0 Å². The highest BCUT2D eigenvalue weighted by Gasteiger charge is 2.32. The number of fused-ring (bicyclic) bond motifs is 2. The van der Waals surface area contributed by atoms with E-state index in [1.165, 1.54) is 0 Å². The molecule has 0 atom stereocenters. The fourth-order valence-corrected chi connectivity index (χ4v) is 3.75. The Morgan fingerprint density at radius 3 is 2.77 bits per heavy atom. The zero-order chi connectivity index (χ0) is 21.0. The first kappa shape index (κ1) is 19.8. The summed E-state index contributed by atoms with van der Waals surface area (Å²) >= 11 is 0. The number of rotatable bonds is 5. The molecule has 3 aromatic rings. The van der Waals surface area contributed by atoms with Crippen LogP contribution in [0.1, 0.15) is 25.0 Å². The van der Waals surface area contributed by atoms with Crippen LogP contribution in [-0.2, 0) is 17.6 Å². The van der Waals surface area contributed by atoms with Crippen LogP contribution in [0.25, 0.3) is 10.8 Å². The molecule has 0 radical (unpaired) electrons. The van der Waals surface area contributed by atoms with Gasteiger partial charge in [0, 0.05) is 12.0 Å². The summed E-state index contributed by atoms with van der Waals surface area (Å²) in [6.07, 6.45) is 1.21. The minimum atomic E-state index is -0.207. The van der Waals surface area contributed by atoms with Gasteiger partial charge >= 0.3 is 0 Å². The van der Waals surface area contributed by atoms with Gasteiger partial charge in [0.1, 0.15) is 12.2 Å². The largest absolute Gasteiger partial charge is 0.483 e. The smallest absolute Gasteiger partial charge is 0.225 e. The molecule has 4 rings (SSSR count). The number of para-hydroxylation sites is 1. The molecule has 0 saturated heterocycles. The predicted molar refractivity (Wildman–Crippen MR) is 119 cm³/mol. The minimum Gasteiger partial charge on any atom is -0.483 e. The Bertz CT molecular complexity index is 1130. The highest BCUT2D eigenvalue weighted by molar-refractivity contribution is 5.90. The molecule has 0 fully saturated rings. The first-order valence-corrected chi connectivity index (χ1v) is 10.1. The molecule has 4 heteroatoms. The first-order chi connectivity index (χ1) is 14.5. The second-order valence-electron chi connectivity index (χ2n) is 8.02. The summed E-state index contributed by atoms with van der Waals surface area (Å²) in [5.74, 6) is 7.38. The van der Waals surface area contributed by atoms with Gasteiger partial charge in [-0.25, -0.2) is 0 Å². The van der Waals surface area contributed by atoms with Crippen molar-refractivity contribution in [3.63, 3.8) is 0 Å². The summed E-state index contributed by atoms with van der Waals surface area (Å²) in [5.41, 5.74) is 1.97. The first-order valence-electron chi connectivity index (χ1n) is 10.1. The lowest BCUT2D eigenvalue weighted by Crippen LogP contribution is -2.25. The standard InChI is InChI=1S/C26H25NO3/c1-26(2)18-21-12-8-14-23(25(21)30-26)29-16-6-5-15-27-24(28)17-20-11-7-10-19-9-3-4-13-22(19)20/h3-4,7-14H,15-18H2,1-2H3,(H,27,28). The normalized spacial score (nSPS) is 13.7. The summed E-state index contributed by atoms with van der Waals surface area (Å²) in [6, 6.07) is 20.0. The number of amides is 1. The molecule has 4 nitrogen and oxygen atoms in total. The Kier molecular flexibility index (Phi) is 5.63. The predicted octanol–water partition coefficient (Wildman–Crippen LogP) is 4.29. The van der Waals surface area contributed by atoms with Crippen molar-refractivity contribution in [1.29, 1.82) is 0 Å². The molecule has 0 saturated carbocycles. The van der Waals surface area contributed by atoms with E-state index >= 15 is 0 Å². The van der Waals surface area contributed by atoms with E-state index in [9.17, 15) is 4.79 Å². The van der Waals surface area contributed by atoms with E-state index in [-0.39, 0.29) is 18.1 Å². The Hall–Kier alpha value is -3.45. The molecule has 1 N–H and O–H groups in total. The summed E-state index contributed by atoms with van der Waals surface area (Å²) in [5, 5.41) is 5.10. The van der Waals surface area contributed by atoms with E-state index in [4.69, 9.17) is 9.47 Å². The number of carbonyl (C=O) groups is 1. The highest BCUT2D eigenvalue weighted by atomic mass is 16.5. The lowest BCUT2D eigenvalue weighted by atomic mass is 10.0. The molecule has 3 aromatic carbocycles. The van der Waals surface area contributed by atoms with E-state index in [1.54, 1.807) is 0 Å². The molecule has 0 aromatic heterocycles. The van der Waals surface area contributed by atoms with E-state index in [2.05, 4.69) is 49.2 Å². The minimum absolute atomic E-state index is 0.0434. The maximum Gasteiger partial charge on any atom is 0.225 e. The van der Waals surface area contributed by atoms with Crippen LogP contribution in [0.3, 0.4) is 0 Å². The van der Waals surface area contributed by atoms with Crippen LogP contribution in [-0.4, -0.2) is 24.7 Å². The van der Waals surface area contributed by atoms with Crippen molar-refractivity contribution < 1.29 is 14.3 Å². The van der Waals surface area contributed by atoms with Crippen LogP contribution in [0, 0.1) is 11.8 Å². The molecular weight excluding hydrogens is 374 g/mol. The van der Waals surface area contributed by atoms with Gasteiger partial charge in [-0.3, -0.25) is 4.79 Å². The van der Waals surface area contributed by atoms with Gasteiger partial charge in [0.2, 0.25) is 5.91 Å². The molecule has 1 heterocycles. The lowest BCUT2D eigenvalue weighted by Gasteiger charge is -2.17. The second-order valence-corrected chi connectivity index (χ2v) is 8.02. The third-order valence-electron chi connectivity index (χ3n) is 5.08. The van der Waals surface area contributed by atoms with Crippen LogP contribution in [0.5, 0.6) is 11.5 Å². The SMILES string of the molecule is CC1(C)Cc2cccc(OCC#CCNC(=O)Cc3cccc4ccccc34)c2O1. The van der Waals surface area contributed by atoms with Gasteiger partial charge in [0.15, 0.2) is 11.5 Å². The number of hydrogen-bond acceptors (Lipinski definition) is 3. The number of nitrogens with one attached hydrogen (secondary N) is 1. The van der Waals surface area contributed by atoms with E-state index in [0.717, 1.165) is 34.1 Å². The fourth-order valence-electron chi connectivity index (χ4n) is 3.75. The second kappa shape index (κ2) is 8.51. The zero-order valence-electron chi connectivity index (χ0n) is 17.3. The molecule has 152 valence electrons. The Morgan fingerprint density at radius 2 is 1.87 bits per heavy atom. The van der Waals surface area contributed by atoms with Gasteiger partial charge in [0.25, 0.3) is 0 Å². The third-order valence-corrected chi connectivity index (χ3v) is 5.08. The Labute approximate surface area is 177 Å². The maximum absolute atomic E-state index is 12.3. The van der Waals surface area contributed by atoms with Crippen LogP contribution >= 0.6 is 0 Å². The lowest BCUT2D eigenvalue weighted by molar-refractivity contribution is -0.120. The quantitative estimate of drug-likeness (QED) is 0.651. The van der Waals surface area contributed by atoms with Crippen LogP contribution in [0.4, 0.5) is 0 Å². The Balaban J connectivity index is 1.26. The van der Waals surface area contributed by atoms with Gasteiger partial charge in [-0.15, -0.1) is 0 Å². The molecule has 30 heavy (non-hydrogen) atoms. The maximum atomic E-state index is 12.3. The fraction of sp³-hybridized carbons (Fsp3) is 0.269. The van der Waals surface area contributed by atoms with Gasteiger partial charge in [-0.2, -0.15) is 0 Å². The third kappa shape index (κ3) is 4.58. The van der Waals surface area contributed by atoms with Gasteiger partial charge in [-0.05, 0) is 36.2 Å². The summed E-state index contributed by atoms with van der Waals surface area (Å²) in [6.45, 7) is 4.68. The Morgan fingerprint density at radius 1 is 1.07 bits per heavy atom. The summed E-state index contributed by atoms with van der Waals surface area (Å²) in [4.78, 5) is 12.3. The molecule has 1 aliphatic rings. The van der Waals surface area contributed by atoms with Crippen molar-refractivity contribution in [3.05, 3.63) is 71.8 Å². The molecule has 0 aliphatic carbocycles. The van der Waals surface area contributed by atoms with Crippen molar-refractivity contribution >= 4 is 16.7 Å². The van der Waals surface area contributed by atoms with E-state index in [0.29, 0.717) is 18.7 Å². The molecule has 0 unspecified atom stereocenters. The van der Waals surface area contributed by atoms with E-state index in [1.807, 2.05) is 42.5 Å². The summed E-state index contributed by atoms with van der Waals surface area (Å²) < 4.78 is 11.8. The molecule has 0 bridgehead atoms.